The van der Waals surface area contributed by atoms with Crippen molar-refractivity contribution >= 4 is 12.3 Å². The maximum absolute atomic E-state index is 10.3. The largest absolute Gasteiger partial charge is 0.496 e. The van der Waals surface area contributed by atoms with Gasteiger partial charge in [-0.2, -0.15) is 0 Å². The van der Waals surface area contributed by atoms with Crippen LogP contribution >= 0.6 is 0 Å². The summed E-state index contributed by atoms with van der Waals surface area (Å²) < 4.78 is 4.90. The predicted octanol–water partition coefficient (Wildman–Crippen LogP) is 2.29. The fourth-order valence-electron chi connectivity index (χ4n) is 1.25. The Kier molecular flexibility index (Phi) is 5.75. The second-order valence-corrected chi connectivity index (χ2v) is 3.41. The van der Waals surface area contributed by atoms with Crippen molar-refractivity contribution in [1.29, 1.82) is 0 Å². The molecule has 0 saturated carbocycles. The summed E-state index contributed by atoms with van der Waals surface area (Å²) in [5, 5.41) is 8.34. The summed E-state index contributed by atoms with van der Waals surface area (Å²) in [4.78, 5) is 24.1. The van der Waals surface area contributed by atoms with E-state index < -0.39 is 5.97 Å². The molecule has 0 radical (unpaired) electrons. The Bertz CT molecular complexity index is 540. The van der Waals surface area contributed by atoms with Crippen molar-refractivity contribution < 1.29 is 19.4 Å². The number of carbonyl (C=O) groups excluding carboxylic acids is 1. The van der Waals surface area contributed by atoms with E-state index in [1.54, 1.807) is 31.4 Å². The molecular formula is C14H13NO4. The maximum atomic E-state index is 10.3. The Labute approximate surface area is 110 Å². The topological polar surface area (TPSA) is 76.5 Å². The van der Waals surface area contributed by atoms with Crippen molar-refractivity contribution in [3.63, 3.8) is 0 Å². The van der Waals surface area contributed by atoms with Crippen LogP contribution in [-0.4, -0.2) is 29.5 Å². The molecule has 1 aromatic carbocycles. The molecular weight excluding hydrogens is 246 g/mol. The summed E-state index contributed by atoms with van der Waals surface area (Å²) in [5.74, 6) is -0.319. The predicted molar refractivity (Wildman–Crippen MR) is 69.6 cm³/mol. The Morgan fingerprint density at radius 2 is 2.00 bits per heavy atom. The van der Waals surface area contributed by atoms with Gasteiger partial charge in [0.1, 0.15) is 5.75 Å². The number of methoxy groups -OCH3 is 1. The van der Waals surface area contributed by atoms with Crippen LogP contribution in [0.5, 0.6) is 5.75 Å². The van der Waals surface area contributed by atoms with Crippen LogP contribution in [0.2, 0.25) is 0 Å². The lowest BCUT2D eigenvalue weighted by Gasteiger charge is -1.99. The van der Waals surface area contributed by atoms with Gasteiger partial charge in [0, 0.05) is 12.4 Å². The molecule has 0 atom stereocenters. The van der Waals surface area contributed by atoms with E-state index in [1.807, 2.05) is 6.07 Å². The first-order valence-corrected chi connectivity index (χ1v) is 5.40. The number of aldehydes is 1. The highest BCUT2D eigenvalue weighted by atomic mass is 16.5. The number of hydrogen-bond donors (Lipinski definition) is 1. The van der Waals surface area contributed by atoms with Gasteiger partial charge in [0.25, 0.3) is 0 Å². The van der Waals surface area contributed by atoms with E-state index in [4.69, 9.17) is 9.84 Å². The number of carboxylic acid groups (broad SMARTS) is 1. The average molecular weight is 259 g/mol. The molecule has 5 nitrogen and oxygen atoms in total. The summed E-state index contributed by atoms with van der Waals surface area (Å²) in [6, 6.07) is 10.2. The van der Waals surface area contributed by atoms with Crippen molar-refractivity contribution in [2.75, 3.05) is 7.11 Å². The highest BCUT2D eigenvalue weighted by Crippen LogP contribution is 2.13. The number of nitrogens with zero attached hydrogens (tertiary/aromatic N) is 1. The second-order valence-electron chi connectivity index (χ2n) is 3.41. The third-order valence-electron chi connectivity index (χ3n) is 2.17. The Morgan fingerprint density at radius 3 is 2.42 bits per heavy atom. The smallest absolute Gasteiger partial charge is 0.337 e. The molecule has 2 aromatic rings. The number of aromatic nitrogens is 1. The molecule has 0 aliphatic carbocycles. The third-order valence-corrected chi connectivity index (χ3v) is 2.17. The highest BCUT2D eigenvalue weighted by molar-refractivity contribution is 5.86. The van der Waals surface area contributed by atoms with Crippen LogP contribution in [0.1, 0.15) is 20.7 Å². The molecule has 5 heteroatoms. The minimum Gasteiger partial charge on any atom is -0.496 e. The molecule has 2 rings (SSSR count). The Morgan fingerprint density at radius 1 is 1.26 bits per heavy atom. The fourth-order valence-corrected chi connectivity index (χ4v) is 1.25. The summed E-state index contributed by atoms with van der Waals surface area (Å²) in [7, 11) is 1.54. The lowest BCUT2D eigenvalue weighted by Crippen LogP contribution is -1.94. The van der Waals surface area contributed by atoms with E-state index in [0.717, 1.165) is 6.29 Å². The normalized spacial score (nSPS) is 8.89. The minimum absolute atomic E-state index is 0.220. The molecule has 0 saturated heterocycles. The zero-order chi connectivity index (χ0) is 14.1. The van der Waals surface area contributed by atoms with Gasteiger partial charge >= 0.3 is 5.97 Å². The van der Waals surface area contributed by atoms with Gasteiger partial charge in [-0.1, -0.05) is 12.1 Å². The fraction of sp³-hybridized carbons (Fsp3) is 0.0714. The van der Waals surface area contributed by atoms with Gasteiger partial charge in [-0.05, 0) is 24.3 Å². The summed E-state index contributed by atoms with van der Waals surface area (Å²) >= 11 is 0. The van der Waals surface area contributed by atoms with E-state index in [0.29, 0.717) is 11.3 Å². The van der Waals surface area contributed by atoms with Gasteiger partial charge in [0.15, 0.2) is 6.29 Å². The average Bonchev–Trinajstić information content (AvgIpc) is 2.48. The van der Waals surface area contributed by atoms with Crippen molar-refractivity contribution in [3.8, 4) is 5.75 Å². The second kappa shape index (κ2) is 7.60. The van der Waals surface area contributed by atoms with Crippen LogP contribution < -0.4 is 4.74 Å². The molecule has 19 heavy (non-hydrogen) atoms. The van der Waals surface area contributed by atoms with Gasteiger partial charge < -0.3 is 9.84 Å². The molecule has 0 amide bonds. The standard InChI is InChI=1S/C8H8O2.C6H5NO2/c1-10-8-5-3-2-4-7(8)6-9;8-6(9)5-2-1-3-7-4-5/h2-6H,1H3;1-4H,(H,8,9). The number of aromatic carboxylic acids is 1. The summed E-state index contributed by atoms with van der Waals surface area (Å²) in [5.41, 5.74) is 0.808. The first kappa shape index (κ1) is 14.4. The number of hydrogen-bond acceptors (Lipinski definition) is 4. The molecule has 0 fully saturated rings. The van der Waals surface area contributed by atoms with E-state index >= 15 is 0 Å². The first-order valence-electron chi connectivity index (χ1n) is 5.40. The summed E-state index contributed by atoms with van der Waals surface area (Å²) in [6.45, 7) is 0. The SMILES string of the molecule is COc1ccccc1C=O.O=C(O)c1cccnc1. The molecule has 98 valence electrons. The van der Waals surface area contributed by atoms with Crippen LogP contribution in [-0.2, 0) is 0 Å². The van der Waals surface area contributed by atoms with Gasteiger partial charge in [-0.15, -0.1) is 0 Å². The Hall–Kier alpha value is -2.69. The van der Waals surface area contributed by atoms with Gasteiger partial charge in [-0.3, -0.25) is 9.78 Å². The van der Waals surface area contributed by atoms with Gasteiger partial charge in [0.2, 0.25) is 0 Å². The van der Waals surface area contributed by atoms with Crippen molar-refractivity contribution in [2.24, 2.45) is 0 Å². The number of benzene rings is 1. The van der Waals surface area contributed by atoms with E-state index in [-0.39, 0.29) is 5.56 Å². The molecule has 1 heterocycles. The zero-order valence-corrected chi connectivity index (χ0v) is 10.3. The molecule has 0 aliphatic heterocycles. The number of carbonyl (C=O) groups is 2. The van der Waals surface area contributed by atoms with E-state index in [2.05, 4.69) is 4.98 Å². The lowest BCUT2D eigenvalue weighted by molar-refractivity contribution is 0.0696. The summed E-state index contributed by atoms with van der Waals surface area (Å²) in [6.07, 6.45) is 3.62. The molecule has 0 spiro atoms. The van der Waals surface area contributed by atoms with E-state index in [9.17, 15) is 9.59 Å². The van der Waals surface area contributed by atoms with Gasteiger partial charge in [0.05, 0.1) is 18.2 Å². The monoisotopic (exact) mass is 259 g/mol. The number of rotatable bonds is 3. The van der Waals surface area contributed by atoms with Gasteiger partial charge in [-0.25, -0.2) is 4.79 Å². The van der Waals surface area contributed by atoms with E-state index in [1.165, 1.54) is 18.5 Å². The lowest BCUT2D eigenvalue weighted by atomic mass is 10.2. The molecule has 1 N–H and O–H groups in total. The maximum Gasteiger partial charge on any atom is 0.337 e. The minimum atomic E-state index is -0.942. The van der Waals surface area contributed by atoms with Crippen LogP contribution in [0.3, 0.4) is 0 Å². The van der Waals surface area contributed by atoms with Crippen LogP contribution in [0.15, 0.2) is 48.8 Å². The molecule has 0 unspecified atom stereocenters. The highest BCUT2D eigenvalue weighted by Gasteiger charge is 1.98. The Balaban J connectivity index is 0.000000191. The number of ether oxygens (including phenoxy) is 1. The molecule has 1 aromatic heterocycles. The molecule has 0 aliphatic rings. The van der Waals surface area contributed by atoms with Crippen LogP contribution in [0, 0.1) is 0 Å². The third kappa shape index (κ3) is 4.59. The van der Waals surface area contributed by atoms with Crippen LogP contribution in [0.4, 0.5) is 0 Å². The molecule has 0 bridgehead atoms. The zero-order valence-electron chi connectivity index (χ0n) is 10.3. The number of para-hydroxylation sites is 1. The van der Waals surface area contributed by atoms with Crippen molar-refractivity contribution in [2.45, 2.75) is 0 Å². The quantitative estimate of drug-likeness (QED) is 0.856. The van der Waals surface area contributed by atoms with Crippen molar-refractivity contribution in [1.82, 2.24) is 4.98 Å². The van der Waals surface area contributed by atoms with Crippen molar-refractivity contribution in [3.05, 3.63) is 59.9 Å². The number of pyridine rings is 1. The first-order chi connectivity index (χ1) is 9.19. The number of carboxylic acids is 1. The van der Waals surface area contributed by atoms with Crippen LogP contribution in [0.25, 0.3) is 0 Å².